The van der Waals surface area contributed by atoms with Gasteiger partial charge in [0.15, 0.2) is 0 Å². The summed E-state index contributed by atoms with van der Waals surface area (Å²) in [7, 11) is 0. The number of carbonyl (C=O) groups excluding carboxylic acids is 1. The molecule has 1 unspecified atom stereocenters. The van der Waals surface area contributed by atoms with Crippen molar-refractivity contribution in [1.82, 2.24) is 14.7 Å². The van der Waals surface area contributed by atoms with E-state index in [2.05, 4.69) is 28.9 Å². The number of likely N-dealkylation sites (tertiary alicyclic amines) is 1. The minimum Gasteiger partial charge on any atom is -0.465 e. The second kappa shape index (κ2) is 12.2. The number of rotatable bonds is 7. The number of carbonyl (C=O) groups is 2. The molecule has 3 saturated heterocycles. The molecule has 1 aromatic carbocycles. The Morgan fingerprint density at radius 2 is 1.80 bits per heavy atom. The zero-order valence-electron chi connectivity index (χ0n) is 20.8. The highest BCUT2D eigenvalue weighted by atomic mass is 35.5. The van der Waals surface area contributed by atoms with Crippen LogP contribution >= 0.6 is 11.6 Å². The fraction of sp³-hybridized carbons (Fsp3) is 0.692. The summed E-state index contributed by atoms with van der Waals surface area (Å²) in [6.07, 6.45) is 5.19. The molecule has 8 nitrogen and oxygen atoms in total. The molecule has 3 fully saturated rings. The van der Waals surface area contributed by atoms with Crippen molar-refractivity contribution in [2.24, 2.45) is 5.92 Å². The van der Waals surface area contributed by atoms with Gasteiger partial charge in [-0.2, -0.15) is 0 Å². The molecule has 35 heavy (non-hydrogen) atoms. The predicted molar refractivity (Wildman–Crippen MR) is 137 cm³/mol. The van der Waals surface area contributed by atoms with Crippen molar-refractivity contribution in [1.29, 1.82) is 0 Å². The molecule has 3 aliphatic rings. The molecule has 3 aliphatic heterocycles. The van der Waals surface area contributed by atoms with Gasteiger partial charge in [-0.05, 0) is 55.7 Å². The molecule has 0 bridgehead atoms. The van der Waals surface area contributed by atoms with Crippen LogP contribution in [0.2, 0.25) is 5.02 Å². The quantitative estimate of drug-likeness (QED) is 0.538. The second-order valence-electron chi connectivity index (χ2n) is 10.0. The molecule has 0 spiro atoms. The fourth-order valence-electron chi connectivity index (χ4n) is 5.72. The molecule has 0 saturated carbocycles. The Hall–Kier alpha value is -2.19. The van der Waals surface area contributed by atoms with Gasteiger partial charge < -0.3 is 24.5 Å². The molecular weight excluding hydrogens is 468 g/mol. The maximum atomic E-state index is 12.6. The van der Waals surface area contributed by atoms with E-state index in [0.717, 1.165) is 82.8 Å². The van der Waals surface area contributed by atoms with Crippen molar-refractivity contribution in [3.8, 4) is 0 Å². The number of carboxylic acid groups (broad SMARTS) is 1. The van der Waals surface area contributed by atoms with Crippen LogP contribution in [0.15, 0.2) is 18.2 Å². The SMILES string of the molecule is CCCCOC(=O)N1CCCC1C1CCN(c2cc(Cl)ccc2CN2CCN(C(=O)O)CC2)CC1. The van der Waals surface area contributed by atoms with Crippen molar-refractivity contribution in [3.05, 3.63) is 28.8 Å². The van der Waals surface area contributed by atoms with Gasteiger partial charge >= 0.3 is 12.2 Å². The van der Waals surface area contributed by atoms with E-state index in [1.54, 1.807) is 0 Å². The third-order valence-corrected chi connectivity index (χ3v) is 8.00. The number of benzene rings is 1. The van der Waals surface area contributed by atoms with Gasteiger partial charge in [0.05, 0.1) is 6.61 Å². The lowest BCUT2D eigenvalue weighted by Crippen LogP contribution is -2.48. The average molecular weight is 507 g/mol. The Bertz CT molecular complexity index is 869. The first-order valence-corrected chi connectivity index (χ1v) is 13.5. The zero-order chi connectivity index (χ0) is 24.8. The Kier molecular flexibility index (Phi) is 9.00. The first-order chi connectivity index (χ1) is 17.0. The van der Waals surface area contributed by atoms with Gasteiger partial charge in [-0.1, -0.05) is 31.0 Å². The van der Waals surface area contributed by atoms with Gasteiger partial charge in [0.1, 0.15) is 0 Å². The van der Waals surface area contributed by atoms with Crippen molar-refractivity contribution in [3.63, 3.8) is 0 Å². The van der Waals surface area contributed by atoms with Crippen molar-refractivity contribution < 1.29 is 19.4 Å². The lowest BCUT2D eigenvalue weighted by atomic mass is 9.87. The lowest BCUT2D eigenvalue weighted by molar-refractivity contribution is 0.0828. The third kappa shape index (κ3) is 6.53. The van der Waals surface area contributed by atoms with Crippen molar-refractivity contribution >= 4 is 29.5 Å². The predicted octanol–water partition coefficient (Wildman–Crippen LogP) is 4.75. The number of amides is 2. The Morgan fingerprint density at radius 1 is 1.06 bits per heavy atom. The summed E-state index contributed by atoms with van der Waals surface area (Å²) in [6, 6.07) is 6.41. The van der Waals surface area contributed by atoms with Crippen LogP contribution in [0.5, 0.6) is 0 Å². The molecular formula is C26H39ClN4O4. The van der Waals surface area contributed by atoms with E-state index in [-0.39, 0.29) is 12.1 Å². The number of ether oxygens (including phenoxy) is 1. The van der Waals surface area contributed by atoms with Crippen LogP contribution in [-0.4, -0.2) is 90.5 Å². The molecule has 1 N–H and O–H groups in total. The van der Waals surface area contributed by atoms with E-state index in [0.29, 0.717) is 25.6 Å². The van der Waals surface area contributed by atoms with Crippen LogP contribution in [0.4, 0.5) is 15.3 Å². The van der Waals surface area contributed by atoms with Crippen LogP contribution in [0.1, 0.15) is 51.0 Å². The number of halogens is 1. The Balaban J connectivity index is 1.35. The smallest absolute Gasteiger partial charge is 0.410 e. The summed E-state index contributed by atoms with van der Waals surface area (Å²) in [5.74, 6) is 0.499. The van der Waals surface area contributed by atoms with Gasteiger partial charge in [-0.25, -0.2) is 9.59 Å². The summed E-state index contributed by atoms with van der Waals surface area (Å²) in [4.78, 5) is 32.1. The van der Waals surface area contributed by atoms with E-state index in [1.165, 1.54) is 16.2 Å². The summed E-state index contributed by atoms with van der Waals surface area (Å²) in [5, 5.41) is 9.95. The van der Waals surface area contributed by atoms with E-state index in [1.807, 2.05) is 11.0 Å². The number of hydrogen-bond donors (Lipinski definition) is 1. The molecule has 1 atom stereocenters. The van der Waals surface area contributed by atoms with Crippen LogP contribution in [0.3, 0.4) is 0 Å². The first-order valence-electron chi connectivity index (χ1n) is 13.1. The summed E-state index contributed by atoms with van der Waals surface area (Å²) >= 11 is 6.40. The summed E-state index contributed by atoms with van der Waals surface area (Å²) < 4.78 is 5.52. The lowest BCUT2D eigenvalue weighted by Gasteiger charge is -2.40. The number of piperidine rings is 1. The summed E-state index contributed by atoms with van der Waals surface area (Å²) in [6.45, 7) is 8.67. The highest BCUT2D eigenvalue weighted by Gasteiger charge is 2.37. The molecule has 0 radical (unpaired) electrons. The van der Waals surface area contributed by atoms with Gasteiger partial charge in [-0.3, -0.25) is 4.90 Å². The van der Waals surface area contributed by atoms with Crippen LogP contribution in [-0.2, 0) is 11.3 Å². The number of unbranched alkanes of at least 4 members (excludes halogenated alkanes) is 1. The molecule has 3 heterocycles. The van der Waals surface area contributed by atoms with E-state index in [9.17, 15) is 14.7 Å². The molecule has 9 heteroatoms. The van der Waals surface area contributed by atoms with Crippen LogP contribution in [0.25, 0.3) is 0 Å². The molecule has 194 valence electrons. The molecule has 0 aliphatic carbocycles. The second-order valence-corrected chi connectivity index (χ2v) is 10.5. The highest BCUT2D eigenvalue weighted by molar-refractivity contribution is 6.30. The maximum Gasteiger partial charge on any atom is 0.410 e. The van der Waals surface area contributed by atoms with E-state index >= 15 is 0 Å². The highest BCUT2D eigenvalue weighted by Crippen LogP contribution is 2.35. The number of piperazine rings is 1. The largest absolute Gasteiger partial charge is 0.465 e. The minimum absolute atomic E-state index is 0.136. The molecule has 0 aromatic heterocycles. The number of nitrogens with zero attached hydrogens (tertiary/aromatic N) is 4. The molecule has 1 aromatic rings. The van der Waals surface area contributed by atoms with Crippen LogP contribution < -0.4 is 4.90 Å². The van der Waals surface area contributed by atoms with E-state index in [4.69, 9.17) is 16.3 Å². The molecule has 2 amide bonds. The zero-order valence-corrected chi connectivity index (χ0v) is 21.6. The van der Waals surface area contributed by atoms with Crippen molar-refractivity contribution in [2.45, 2.75) is 58.0 Å². The van der Waals surface area contributed by atoms with Gasteiger partial charge in [-0.15, -0.1) is 0 Å². The number of hydrogen-bond acceptors (Lipinski definition) is 5. The Morgan fingerprint density at radius 3 is 2.49 bits per heavy atom. The Labute approximate surface area is 213 Å². The minimum atomic E-state index is -0.838. The first kappa shape index (κ1) is 25.9. The van der Waals surface area contributed by atoms with Gasteiger partial charge in [0.2, 0.25) is 0 Å². The van der Waals surface area contributed by atoms with Crippen LogP contribution in [0, 0.1) is 5.92 Å². The fourth-order valence-corrected chi connectivity index (χ4v) is 5.89. The van der Waals surface area contributed by atoms with Crippen molar-refractivity contribution in [2.75, 3.05) is 57.3 Å². The van der Waals surface area contributed by atoms with Gasteiger partial charge in [0, 0.05) is 69.1 Å². The summed E-state index contributed by atoms with van der Waals surface area (Å²) in [5.41, 5.74) is 2.41. The normalized spacial score (nSPS) is 22.0. The molecule has 4 rings (SSSR count). The monoisotopic (exact) mass is 506 g/mol. The van der Waals surface area contributed by atoms with E-state index < -0.39 is 6.09 Å². The average Bonchev–Trinajstić information content (AvgIpc) is 3.36. The standard InChI is InChI=1S/C26H39ClN4O4/c1-2-3-17-35-26(34)31-10-4-5-23(31)20-8-11-29(12-9-20)24-18-22(27)7-6-21(24)19-28-13-15-30(16-14-28)25(32)33/h6-7,18,20,23H,2-5,8-17,19H2,1H3,(H,32,33). The third-order valence-electron chi connectivity index (χ3n) is 7.77. The number of anilines is 1. The van der Waals surface area contributed by atoms with Gasteiger partial charge in [0.25, 0.3) is 0 Å². The topological polar surface area (TPSA) is 76.6 Å². The maximum absolute atomic E-state index is 12.6.